The van der Waals surface area contributed by atoms with E-state index in [1.54, 1.807) is 13.2 Å². The van der Waals surface area contributed by atoms with Crippen LogP contribution < -0.4 is 14.8 Å². The Balaban J connectivity index is 1.70. The highest BCUT2D eigenvalue weighted by Crippen LogP contribution is 2.41. The molecule has 1 N–H and O–H groups in total. The number of furan rings is 1. The van der Waals surface area contributed by atoms with Crippen LogP contribution in [0.1, 0.15) is 49.1 Å². The highest BCUT2D eigenvalue weighted by atomic mass is 16.5. The van der Waals surface area contributed by atoms with E-state index < -0.39 is 0 Å². The molecule has 5 nitrogen and oxygen atoms in total. The van der Waals surface area contributed by atoms with Gasteiger partial charge in [-0.25, -0.2) is 0 Å². The fraction of sp³-hybridized carbons (Fsp3) is 0.346. The molecule has 0 bridgehead atoms. The van der Waals surface area contributed by atoms with Gasteiger partial charge in [-0.05, 0) is 75.9 Å². The van der Waals surface area contributed by atoms with E-state index >= 15 is 0 Å². The lowest BCUT2D eigenvalue weighted by molar-refractivity contribution is -0.111. The second-order valence-electron chi connectivity index (χ2n) is 7.94. The summed E-state index contributed by atoms with van der Waals surface area (Å²) in [4.78, 5) is 12.7. The van der Waals surface area contributed by atoms with Crippen molar-refractivity contribution in [1.82, 2.24) is 0 Å². The van der Waals surface area contributed by atoms with Gasteiger partial charge in [0.2, 0.25) is 5.91 Å². The Morgan fingerprint density at radius 3 is 2.65 bits per heavy atom. The lowest BCUT2D eigenvalue weighted by atomic mass is 9.93. The van der Waals surface area contributed by atoms with Gasteiger partial charge in [-0.3, -0.25) is 4.79 Å². The van der Waals surface area contributed by atoms with Crippen molar-refractivity contribution >= 4 is 28.1 Å². The quantitative estimate of drug-likeness (QED) is 0.493. The Labute approximate surface area is 183 Å². The number of anilines is 1. The molecular weight excluding hydrogens is 390 g/mol. The fourth-order valence-corrected chi connectivity index (χ4v) is 4.29. The van der Waals surface area contributed by atoms with Gasteiger partial charge in [0, 0.05) is 40.3 Å². The molecule has 0 radical (unpaired) electrons. The molecule has 1 amide bonds. The standard InChI is InChI=1S/C26H29NO4/c1-5-30-25-17(3)26-22(20-8-6-7-9-23(20)31-26)15-21(25)16(2)14-24(28)27-18-10-12-19(29-4)13-11-18/h10-15H,5-9H2,1-4H3,(H,27,28)/b16-14+. The number of benzene rings is 2. The summed E-state index contributed by atoms with van der Waals surface area (Å²) in [5, 5.41) is 4.06. The SMILES string of the molecule is CCOc1c(/C(C)=C/C(=O)Nc2ccc(OC)cc2)cc2c3c(oc2c1C)CCCC3. The zero-order chi connectivity index (χ0) is 22.0. The monoisotopic (exact) mass is 419 g/mol. The molecule has 0 aliphatic heterocycles. The van der Waals surface area contributed by atoms with E-state index in [0.717, 1.165) is 63.5 Å². The first-order valence-corrected chi connectivity index (χ1v) is 10.9. The molecule has 0 spiro atoms. The Morgan fingerprint density at radius 1 is 1.19 bits per heavy atom. The summed E-state index contributed by atoms with van der Waals surface area (Å²) in [7, 11) is 1.62. The minimum Gasteiger partial charge on any atom is -0.497 e. The van der Waals surface area contributed by atoms with Crippen molar-refractivity contribution in [2.45, 2.75) is 46.5 Å². The maximum Gasteiger partial charge on any atom is 0.248 e. The number of rotatable bonds is 6. The predicted octanol–water partition coefficient (Wildman–Crippen LogP) is 6.07. The molecule has 0 atom stereocenters. The molecule has 0 unspecified atom stereocenters. The summed E-state index contributed by atoms with van der Waals surface area (Å²) >= 11 is 0. The van der Waals surface area contributed by atoms with E-state index in [4.69, 9.17) is 13.9 Å². The average molecular weight is 420 g/mol. The number of fused-ring (bicyclic) bond motifs is 3. The third kappa shape index (κ3) is 4.18. The molecule has 31 heavy (non-hydrogen) atoms. The number of nitrogens with one attached hydrogen (secondary N) is 1. The lowest BCUT2D eigenvalue weighted by Crippen LogP contribution is -2.09. The minimum absolute atomic E-state index is 0.183. The number of hydrogen-bond acceptors (Lipinski definition) is 4. The summed E-state index contributed by atoms with van der Waals surface area (Å²) in [5.74, 6) is 2.45. The fourth-order valence-electron chi connectivity index (χ4n) is 4.29. The van der Waals surface area contributed by atoms with Crippen LogP contribution in [-0.4, -0.2) is 19.6 Å². The molecule has 0 fully saturated rings. The molecule has 0 saturated heterocycles. The molecule has 1 aromatic heterocycles. The van der Waals surface area contributed by atoms with Crippen LogP contribution in [0.5, 0.6) is 11.5 Å². The number of carbonyl (C=O) groups excluding carboxylic acids is 1. The minimum atomic E-state index is -0.183. The first-order chi connectivity index (χ1) is 15.0. The van der Waals surface area contributed by atoms with Crippen molar-refractivity contribution in [3.63, 3.8) is 0 Å². The highest BCUT2D eigenvalue weighted by molar-refractivity contribution is 6.05. The largest absolute Gasteiger partial charge is 0.497 e. The van der Waals surface area contributed by atoms with Gasteiger partial charge in [-0.2, -0.15) is 0 Å². The zero-order valence-corrected chi connectivity index (χ0v) is 18.6. The number of aryl methyl sites for hydroxylation is 3. The van der Waals surface area contributed by atoms with Crippen LogP contribution in [0.4, 0.5) is 5.69 Å². The topological polar surface area (TPSA) is 60.7 Å². The maximum atomic E-state index is 12.7. The number of ether oxygens (including phenoxy) is 2. The molecule has 162 valence electrons. The first kappa shape index (κ1) is 21.0. The molecule has 1 heterocycles. The summed E-state index contributed by atoms with van der Waals surface area (Å²) < 4.78 is 17.4. The Hall–Kier alpha value is -3.21. The Bertz CT molecular complexity index is 1140. The van der Waals surface area contributed by atoms with Gasteiger partial charge in [-0.1, -0.05) is 0 Å². The van der Waals surface area contributed by atoms with Crippen molar-refractivity contribution in [2.24, 2.45) is 0 Å². The van der Waals surface area contributed by atoms with E-state index in [-0.39, 0.29) is 5.91 Å². The summed E-state index contributed by atoms with van der Waals surface area (Å²) in [6.45, 7) is 6.50. The van der Waals surface area contributed by atoms with Crippen LogP contribution >= 0.6 is 0 Å². The molecule has 1 aliphatic rings. The van der Waals surface area contributed by atoms with E-state index in [0.29, 0.717) is 6.61 Å². The van der Waals surface area contributed by atoms with Gasteiger partial charge in [-0.15, -0.1) is 0 Å². The number of methoxy groups -OCH3 is 1. The van der Waals surface area contributed by atoms with Gasteiger partial charge < -0.3 is 19.2 Å². The molecule has 4 rings (SSSR count). The molecule has 3 aromatic rings. The van der Waals surface area contributed by atoms with E-state index in [2.05, 4.69) is 11.4 Å². The molecule has 1 aliphatic carbocycles. The van der Waals surface area contributed by atoms with Crippen molar-refractivity contribution in [3.05, 3.63) is 58.9 Å². The van der Waals surface area contributed by atoms with Crippen LogP contribution in [0.2, 0.25) is 0 Å². The number of allylic oxidation sites excluding steroid dienone is 1. The van der Waals surface area contributed by atoms with Crippen LogP contribution in [-0.2, 0) is 17.6 Å². The average Bonchev–Trinajstić information content (AvgIpc) is 3.15. The summed E-state index contributed by atoms with van der Waals surface area (Å²) in [6.07, 6.45) is 6.00. The van der Waals surface area contributed by atoms with Crippen LogP contribution in [0.15, 0.2) is 40.8 Å². The maximum absolute atomic E-state index is 12.7. The van der Waals surface area contributed by atoms with Crippen LogP contribution in [0, 0.1) is 6.92 Å². The normalized spacial score (nSPS) is 13.7. The zero-order valence-electron chi connectivity index (χ0n) is 18.6. The predicted molar refractivity (Wildman–Crippen MR) is 124 cm³/mol. The Morgan fingerprint density at radius 2 is 1.94 bits per heavy atom. The summed E-state index contributed by atoms with van der Waals surface area (Å²) in [6, 6.07) is 9.41. The van der Waals surface area contributed by atoms with E-state index in [9.17, 15) is 4.79 Å². The first-order valence-electron chi connectivity index (χ1n) is 10.9. The molecule has 2 aromatic carbocycles. The van der Waals surface area contributed by atoms with Gasteiger partial charge in [0.05, 0.1) is 13.7 Å². The van der Waals surface area contributed by atoms with Crippen molar-refractivity contribution in [2.75, 3.05) is 19.0 Å². The number of amides is 1. The van der Waals surface area contributed by atoms with Gasteiger partial charge in [0.25, 0.3) is 0 Å². The second kappa shape index (κ2) is 8.88. The summed E-state index contributed by atoms with van der Waals surface area (Å²) in [5.41, 5.74) is 5.72. The highest BCUT2D eigenvalue weighted by Gasteiger charge is 2.23. The number of hydrogen-bond donors (Lipinski definition) is 1. The van der Waals surface area contributed by atoms with Crippen LogP contribution in [0.3, 0.4) is 0 Å². The van der Waals surface area contributed by atoms with Crippen molar-refractivity contribution < 1.29 is 18.7 Å². The van der Waals surface area contributed by atoms with Gasteiger partial charge in [0.15, 0.2) is 0 Å². The third-order valence-corrected chi connectivity index (χ3v) is 5.85. The molecule has 0 saturated carbocycles. The third-order valence-electron chi connectivity index (χ3n) is 5.85. The van der Waals surface area contributed by atoms with Crippen molar-refractivity contribution in [1.29, 1.82) is 0 Å². The van der Waals surface area contributed by atoms with Gasteiger partial charge in [0.1, 0.15) is 22.8 Å². The molecule has 5 heteroatoms. The van der Waals surface area contributed by atoms with Crippen LogP contribution in [0.25, 0.3) is 16.5 Å². The van der Waals surface area contributed by atoms with E-state index in [1.807, 2.05) is 45.0 Å². The number of carbonyl (C=O) groups is 1. The molecular formula is C26H29NO4. The lowest BCUT2D eigenvalue weighted by Gasteiger charge is -2.15. The second-order valence-corrected chi connectivity index (χ2v) is 7.94. The van der Waals surface area contributed by atoms with E-state index in [1.165, 1.54) is 18.4 Å². The smallest absolute Gasteiger partial charge is 0.248 e. The van der Waals surface area contributed by atoms with Gasteiger partial charge >= 0.3 is 0 Å². The Kier molecular flexibility index (Phi) is 6.03. The van der Waals surface area contributed by atoms with Crippen molar-refractivity contribution in [3.8, 4) is 11.5 Å².